The summed E-state index contributed by atoms with van der Waals surface area (Å²) in [5.41, 5.74) is 6.78. The zero-order valence-electron chi connectivity index (χ0n) is 16.7. The van der Waals surface area contributed by atoms with Crippen LogP contribution in [0.5, 0.6) is 0 Å². The van der Waals surface area contributed by atoms with Gasteiger partial charge >= 0.3 is 5.97 Å². The number of nitrogens with one attached hydrogen (secondary N) is 1. The highest BCUT2D eigenvalue weighted by atomic mass is 16.4. The Morgan fingerprint density at radius 1 is 1.11 bits per heavy atom. The Kier molecular flexibility index (Phi) is 6.99. The molecule has 2 aliphatic carbocycles. The first-order valence-electron chi connectivity index (χ1n) is 10.9. The molecular formula is C22H35BN2O2. The summed E-state index contributed by atoms with van der Waals surface area (Å²) in [6.45, 7) is 0. The van der Waals surface area contributed by atoms with Crippen LogP contribution in [0.2, 0.25) is 6.32 Å². The van der Waals surface area contributed by atoms with Gasteiger partial charge in [0.25, 0.3) is 0 Å². The van der Waals surface area contributed by atoms with Crippen LogP contribution < -0.4 is 11.1 Å². The molecule has 4 nitrogen and oxygen atoms in total. The fourth-order valence-electron chi connectivity index (χ4n) is 4.98. The minimum absolute atomic E-state index is 0.116. The van der Waals surface area contributed by atoms with Crippen LogP contribution in [-0.4, -0.2) is 36.5 Å². The summed E-state index contributed by atoms with van der Waals surface area (Å²) in [5, 5.41) is 13.5. The predicted octanol–water partition coefficient (Wildman–Crippen LogP) is 3.08. The predicted molar refractivity (Wildman–Crippen MR) is 113 cm³/mol. The lowest BCUT2D eigenvalue weighted by Crippen LogP contribution is -2.62. The number of hydrogen-bond donors (Lipinski definition) is 3. The minimum atomic E-state index is -1.03. The van der Waals surface area contributed by atoms with E-state index in [1.54, 1.807) is 0 Å². The first kappa shape index (κ1) is 20.4. The molecule has 0 saturated heterocycles. The molecule has 1 atom stereocenters. The molecule has 0 aliphatic heterocycles. The molecule has 0 bridgehead atoms. The Hall–Kier alpha value is -1.33. The van der Waals surface area contributed by atoms with Crippen molar-refractivity contribution in [3.8, 4) is 0 Å². The van der Waals surface area contributed by atoms with Crippen molar-refractivity contribution in [2.24, 2.45) is 11.7 Å². The first-order valence-corrected chi connectivity index (χ1v) is 10.9. The van der Waals surface area contributed by atoms with E-state index < -0.39 is 11.5 Å². The van der Waals surface area contributed by atoms with Crippen molar-refractivity contribution in [1.29, 1.82) is 0 Å². The lowest BCUT2D eigenvalue weighted by atomic mass is 9.66. The maximum atomic E-state index is 11.8. The summed E-state index contributed by atoms with van der Waals surface area (Å²) in [5.74, 6) is -0.00362. The van der Waals surface area contributed by atoms with Gasteiger partial charge in [-0.05, 0) is 62.3 Å². The zero-order chi connectivity index (χ0) is 19.3. The number of nitrogens with two attached hydrogens (primary N) is 1. The molecule has 4 N–H and O–H groups in total. The highest BCUT2D eigenvalue weighted by Gasteiger charge is 2.48. The maximum absolute atomic E-state index is 11.8. The summed E-state index contributed by atoms with van der Waals surface area (Å²) in [6.07, 6.45) is 10.4. The van der Waals surface area contributed by atoms with E-state index in [0.717, 1.165) is 32.0 Å². The molecule has 1 unspecified atom stereocenters. The lowest BCUT2D eigenvalue weighted by Gasteiger charge is -2.46. The summed E-state index contributed by atoms with van der Waals surface area (Å²) in [7, 11) is 2.13. The van der Waals surface area contributed by atoms with Crippen molar-refractivity contribution >= 4 is 13.8 Å². The number of carboxylic acid groups (broad SMARTS) is 1. The van der Waals surface area contributed by atoms with E-state index in [1.807, 2.05) is 0 Å². The van der Waals surface area contributed by atoms with Gasteiger partial charge in [-0.25, -0.2) is 0 Å². The molecule has 1 aromatic rings. The van der Waals surface area contributed by atoms with E-state index in [4.69, 9.17) is 5.73 Å². The normalized spacial score (nSPS) is 30.3. The van der Waals surface area contributed by atoms with Gasteiger partial charge in [0, 0.05) is 12.1 Å². The fourth-order valence-corrected chi connectivity index (χ4v) is 4.98. The summed E-state index contributed by atoms with van der Waals surface area (Å²) < 4.78 is 0. The first-order chi connectivity index (χ1) is 13.0. The van der Waals surface area contributed by atoms with E-state index >= 15 is 0 Å². The Balaban J connectivity index is 1.42. The average molecular weight is 370 g/mol. The third-order valence-corrected chi connectivity index (χ3v) is 6.93. The second kappa shape index (κ2) is 9.25. The van der Waals surface area contributed by atoms with Crippen LogP contribution in [0, 0.1) is 5.92 Å². The van der Waals surface area contributed by atoms with Gasteiger partial charge in [-0.1, -0.05) is 49.5 Å². The number of benzene rings is 1. The molecule has 0 amide bonds. The van der Waals surface area contributed by atoms with Gasteiger partial charge in [-0.3, -0.25) is 4.79 Å². The zero-order valence-corrected chi connectivity index (χ0v) is 16.7. The van der Waals surface area contributed by atoms with Crippen molar-refractivity contribution in [3.05, 3.63) is 35.9 Å². The van der Waals surface area contributed by atoms with Crippen molar-refractivity contribution in [3.63, 3.8) is 0 Å². The monoisotopic (exact) mass is 370 g/mol. The summed E-state index contributed by atoms with van der Waals surface area (Å²) >= 11 is 0. The molecule has 27 heavy (non-hydrogen) atoms. The largest absolute Gasteiger partial charge is 0.480 e. The molecular weight excluding hydrogens is 335 g/mol. The molecule has 0 aromatic heterocycles. The van der Waals surface area contributed by atoms with Crippen LogP contribution >= 0.6 is 0 Å². The SMILES string of the molecule is BCCCCC(N)(C(=O)O)[C@H]1C[C@@H](NC2CCC(c3ccccc3)CC2)C1. The number of carbonyl (C=O) groups is 1. The third-order valence-electron chi connectivity index (χ3n) is 6.93. The topological polar surface area (TPSA) is 75.4 Å². The van der Waals surface area contributed by atoms with Crippen molar-refractivity contribution in [2.75, 3.05) is 0 Å². The second-order valence-corrected chi connectivity index (χ2v) is 8.79. The highest BCUT2D eigenvalue weighted by Crippen LogP contribution is 2.40. The van der Waals surface area contributed by atoms with Gasteiger partial charge in [-0.2, -0.15) is 0 Å². The van der Waals surface area contributed by atoms with E-state index in [0.29, 0.717) is 24.4 Å². The van der Waals surface area contributed by atoms with E-state index in [9.17, 15) is 9.90 Å². The average Bonchev–Trinajstić information content (AvgIpc) is 2.65. The van der Waals surface area contributed by atoms with Crippen molar-refractivity contribution in [2.45, 2.75) is 87.6 Å². The number of carboxylic acids is 1. The maximum Gasteiger partial charge on any atom is 0.323 e. The Morgan fingerprint density at radius 2 is 1.78 bits per heavy atom. The molecule has 2 saturated carbocycles. The van der Waals surface area contributed by atoms with Gasteiger partial charge in [0.2, 0.25) is 0 Å². The molecule has 0 spiro atoms. The lowest BCUT2D eigenvalue weighted by molar-refractivity contribution is -0.148. The number of aliphatic carboxylic acids is 1. The van der Waals surface area contributed by atoms with Gasteiger partial charge < -0.3 is 16.2 Å². The van der Waals surface area contributed by atoms with Crippen LogP contribution in [0.25, 0.3) is 0 Å². The second-order valence-electron chi connectivity index (χ2n) is 8.79. The number of hydrogen-bond acceptors (Lipinski definition) is 3. The standard InChI is InChI=1S/C22H35BN2O2/c23-13-5-4-12-22(24,21(26)27)18-14-20(15-18)25-19-10-8-17(9-11-19)16-6-2-1-3-7-16/h1-3,6-7,17-20,25H,4-5,8-15,23-24H2,(H,26,27)/t17?,18-,19?,20+,22?. The van der Waals surface area contributed by atoms with Crippen molar-refractivity contribution in [1.82, 2.24) is 5.32 Å². The van der Waals surface area contributed by atoms with Gasteiger partial charge in [0.1, 0.15) is 13.4 Å². The van der Waals surface area contributed by atoms with Crippen LogP contribution in [0.1, 0.15) is 69.3 Å². The van der Waals surface area contributed by atoms with E-state index in [2.05, 4.69) is 43.5 Å². The van der Waals surface area contributed by atoms with E-state index in [1.165, 1.54) is 31.2 Å². The van der Waals surface area contributed by atoms with E-state index in [-0.39, 0.29) is 5.92 Å². The molecule has 0 heterocycles. The molecule has 1 aromatic carbocycles. The minimum Gasteiger partial charge on any atom is -0.480 e. The fraction of sp³-hybridized carbons (Fsp3) is 0.682. The third kappa shape index (κ3) is 4.94. The van der Waals surface area contributed by atoms with Crippen LogP contribution in [0.4, 0.5) is 0 Å². The van der Waals surface area contributed by atoms with Crippen LogP contribution in [0.3, 0.4) is 0 Å². The molecule has 5 heteroatoms. The molecule has 148 valence electrons. The quantitative estimate of drug-likeness (QED) is 0.461. The van der Waals surface area contributed by atoms with Crippen molar-refractivity contribution < 1.29 is 9.90 Å². The summed E-state index contributed by atoms with van der Waals surface area (Å²) in [4.78, 5) is 11.8. The Morgan fingerprint density at radius 3 is 2.37 bits per heavy atom. The molecule has 0 radical (unpaired) electrons. The molecule has 3 rings (SSSR count). The number of unbranched alkanes of at least 4 members (excludes halogenated alkanes) is 1. The van der Waals surface area contributed by atoms with Crippen LogP contribution in [-0.2, 0) is 4.79 Å². The highest BCUT2D eigenvalue weighted by molar-refractivity contribution is 6.08. The van der Waals surface area contributed by atoms with Gasteiger partial charge in [0.05, 0.1) is 0 Å². The molecule has 2 aliphatic rings. The van der Waals surface area contributed by atoms with Gasteiger partial charge in [-0.15, -0.1) is 0 Å². The Bertz CT molecular complexity index is 598. The smallest absolute Gasteiger partial charge is 0.323 e. The Labute approximate surface area is 164 Å². The number of rotatable bonds is 9. The summed E-state index contributed by atoms with van der Waals surface area (Å²) in [6, 6.07) is 11.9. The molecule has 2 fully saturated rings. The van der Waals surface area contributed by atoms with Gasteiger partial charge in [0.15, 0.2) is 0 Å². The van der Waals surface area contributed by atoms with Crippen LogP contribution in [0.15, 0.2) is 30.3 Å².